The maximum absolute atomic E-state index is 13.5. The Balaban J connectivity index is 1.27. The number of carbonyl (C=O) groups is 1. The summed E-state index contributed by atoms with van der Waals surface area (Å²) in [6.45, 7) is 8.42. The molecule has 0 radical (unpaired) electrons. The molecule has 53 heavy (non-hydrogen) atoms. The van der Waals surface area contributed by atoms with Crippen LogP contribution in [0.1, 0.15) is 35.2 Å². The molecule has 278 valence electrons. The summed E-state index contributed by atoms with van der Waals surface area (Å²) in [5.74, 6) is 1.47. The summed E-state index contributed by atoms with van der Waals surface area (Å²) in [6.07, 6.45) is 6.28. The van der Waals surface area contributed by atoms with Crippen LogP contribution in [-0.4, -0.2) is 70.3 Å². The van der Waals surface area contributed by atoms with Crippen molar-refractivity contribution in [2.45, 2.75) is 35.7 Å². The standard InChI is InChI=1S/C42H46ClN3O5S2/c1-5-6-17-38(43)31(2)28-45(24-25-52-35-15-11-8-12-16-35)29-32-18-20-36(21-19-32)53(48,49)44-41(47)30-46-23-22-34-26-39(50-3)40(51-4)27-37(34)42(46)33-13-9-7-10-14-33/h5-21,26-27,42H,2,22-25,28-30H2,1,3-4H3,(H,44,47)/b6-5-,38-17+. The van der Waals surface area contributed by atoms with Crippen LogP contribution in [0.2, 0.25) is 0 Å². The lowest BCUT2D eigenvalue weighted by Crippen LogP contribution is -2.44. The fourth-order valence-electron chi connectivity index (χ4n) is 6.32. The van der Waals surface area contributed by atoms with Crippen molar-refractivity contribution in [3.05, 3.63) is 155 Å². The van der Waals surface area contributed by atoms with Gasteiger partial charge in [0.1, 0.15) is 0 Å². The van der Waals surface area contributed by atoms with Gasteiger partial charge in [0.25, 0.3) is 10.0 Å². The van der Waals surface area contributed by atoms with E-state index in [0.29, 0.717) is 42.6 Å². The predicted octanol–water partition coefficient (Wildman–Crippen LogP) is 8.01. The van der Waals surface area contributed by atoms with Crippen molar-refractivity contribution in [1.82, 2.24) is 14.5 Å². The summed E-state index contributed by atoms with van der Waals surface area (Å²) < 4.78 is 40.4. The summed E-state index contributed by atoms with van der Waals surface area (Å²) in [7, 11) is -0.930. The van der Waals surface area contributed by atoms with E-state index < -0.39 is 15.9 Å². The fourth-order valence-corrected chi connectivity index (χ4v) is 8.36. The number of benzene rings is 4. The summed E-state index contributed by atoms with van der Waals surface area (Å²) in [5, 5.41) is 0.588. The Morgan fingerprint density at radius 3 is 2.32 bits per heavy atom. The molecule has 1 aliphatic rings. The van der Waals surface area contributed by atoms with E-state index in [2.05, 4.69) is 28.3 Å². The van der Waals surface area contributed by atoms with Crippen LogP contribution in [0.5, 0.6) is 11.5 Å². The van der Waals surface area contributed by atoms with Crippen LogP contribution in [-0.2, 0) is 27.8 Å². The lowest BCUT2D eigenvalue weighted by molar-refractivity contribution is -0.121. The van der Waals surface area contributed by atoms with Crippen molar-refractivity contribution in [3.8, 4) is 11.5 Å². The molecule has 0 saturated carbocycles. The van der Waals surface area contributed by atoms with Gasteiger partial charge < -0.3 is 9.47 Å². The molecular formula is C42H46ClN3O5S2. The Morgan fingerprint density at radius 2 is 1.66 bits per heavy atom. The first-order valence-electron chi connectivity index (χ1n) is 17.4. The van der Waals surface area contributed by atoms with E-state index in [1.165, 1.54) is 4.90 Å². The van der Waals surface area contributed by atoms with Crippen molar-refractivity contribution in [2.24, 2.45) is 0 Å². The minimum absolute atomic E-state index is 0.0166. The number of allylic oxidation sites excluding steroid dienone is 3. The Morgan fingerprint density at radius 1 is 1.00 bits per heavy atom. The summed E-state index contributed by atoms with van der Waals surface area (Å²) in [5.41, 5.74) is 4.78. The number of halogens is 1. The maximum atomic E-state index is 13.5. The molecule has 0 bridgehead atoms. The number of thioether (sulfide) groups is 1. The number of methoxy groups -OCH3 is 2. The van der Waals surface area contributed by atoms with Crippen LogP contribution in [0.4, 0.5) is 0 Å². The molecule has 4 aromatic carbocycles. The Kier molecular flexibility index (Phi) is 14.4. The molecule has 8 nitrogen and oxygen atoms in total. The number of ether oxygens (including phenoxy) is 2. The molecule has 0 fully saturated rings. The topological polar surface area (TPSA) is 88.2 Å². The number of rotatable bonds is 17. The second-order valence-electron chi connectivity index (χ2n) is 12.6. The van der Waals surface area contributed by atoms with Gasteiger partial charge in [0.2, 0.25) is 5.91 Å². The Hall–Kier alpha value is -4.32. The van der Waals surface area contributed by atoms with Gasteiger partial charge in [-0.25, -0.2) is 13.1 Å². The molecule has 4 aromatic rings. The molecule has 0 saturated heterocycles. The van der Waals surface area contributed by atoms with Gasteiger partial charge in [-0.2, -0.15) is 0 Å². The molecule has 5 rings (SSSR count). The number of carbonyl (C=O) groups excluding carboxylic acids is 1. The van der Waals surface area contributed by atoms with Gasteiger partial charge in [-0.1, -0.05) is 91.0 Å². The lowest BCUT2D eigenvalue weighted by Gasteiger charge is -2.37. The fraction of sp³-hybridized carbons (Fsp3) is 0.262. The van der Waals surface area contributed by atoms with Crippen molar-refractivity contribution in [3.63, 3.8) is 0 Å². The third kappa shape index (κ3) is 10.9. The van der Waals surface area contributed by atoms with Gasteiger partial charge in [0, 0.05) is 41.9 Å². The number of nitrogens with one attached hydrogen (secondary N) is 1. The quantitative estimate of drug-likeness (QED) is 0.0854. The average molecular weight is 772 g/mol. The van der Waals surface area contributed by atoms with Crippen LogP contribution in [0.25, 0.3) is 0 Å². The van der Waals surface area contributed by atoms with Crippen LogP contribution in [0.3, 0.4) is 0 Å². The van der Waals surface area contributed by atoms with Crippen LogP contribution in [0.15, 0.2) is 142 Å². The predicted molar refractivity (Wildman–Crippen MR) is 215 cm³/mol. The van der Waals surface area contributed by atoms with Gasteiger partial charge in [-0.05, 0) is 83.6 Å². The monoisotopic (exact) mass is 771 g/mol. The number of fused-ring (bicyclic) bond motifs is 1. The first kappa shape index (κ1) is 39.9. The molecule has 1 aliphatic heterocycles. The Labute approximate surface area is 323 Å². The van der Waals surface area contributed by atoms with Gasteiger partial charge >= 0.3 is 0 Å². The van der Waals surface area contributed by atoms with E-state index in [1.54, 1.807) is 50.2 Å². The number of sulfonamides is 1. The minimum atomic E-state index is -4.13. The van der Waals surface area contributed by atoms with Gasteiger partial charge in [-0.3, -0.25) is 14.6 Å². The highest BCUT2D eigenvalue weighted by atomic mass is 35.5. The molecule has 1 N–H and O–H groups in total. The van der Waals surface area contributed by atoms with Crippen molar-refractivity contribution >= 4 is 39.3 Å². The van der Waals surface area contributed by atoms with Crippen molar-refractivity contribution in [1.29, 1.82) is 0 Å². The van der Waals surface area contributed by atoms with Crippen LogP contribution >= 0.6 is 23.4 Å². The number of amides is 1. The van der Waals surface area contributed by atoms with Crippen molar-refractivity contribution in [2.75, 3.05) is 46.2 Å². The van der Waals surface area contributed by atoms with Crippen LogP contribution in [0, 0.1) is 0 Å². The van der Waals surface area contributed by atoms with E-state index in [-0.39, 0.29) is 17.5 Å². The lowest BCUT2D eigenvalue weighted by atomic mass is 9.87. The molecule has 1 atom stereocenters. The van der Waals surface area contributed by atoms with Gasteiger partial charge in [-0.15, -0.1) is 11.8 Å². The average Bonchev–Trinajstić information content (AvgIpc) is 3.16. The van der Waals surface area contributed by atoms with E-state index in [1.807, 2.05) is 90.7 Å². The third-order valence-corrected chi connectivity index (χ3v) is 11.7. The van der Waals surface area contributed by atoms with E-state index in [4.69, 9.17) is 21.1 Å². The number of nitrogens with zero attached hydrogens (tertiary/aromatic N) is 2. The van der Waals surface area contributed by atoms with Crippen LogP contribution < -0.4 is 14.2 Å². The largest absolute Gasteiger partial charge is 0.493 e. The summed E-state index contributed by atoms with van der Waals surface area (Å²) in [4.78, 5) is 18.9. The van der Waals surface area contributed by atoms with E-state index in [9.17, 15) is 13.2 Å². The Bertz CT molecular complexity index is 2020. The van der Waals surface area contributed by atoms with E-state index in [0.717, 1.165) is 40.1 Å². The summed E-state index contributed by atoms with van der Waals surface area (Å²) in [6, 6.07) is 30.4. The highest BCUT2D eigenvalue weighted by Crippen LogP contribution is 2.41. The molecule has 0 aromatic heterocycles. The molecule has 0 spiro atoms. The zero-order valence-electron chi connectivity index (χ0n) is 30.3. The summed E-state index contributed by atoms with van der Waals surface area (Å²) >= 11 is 8.28. The SMILES string of the molecule is C=C(CN(CCSc1ccccc1)Cc1ccc(S(=O)(=O)NC(=O)CN2CCc3cc(OC)c(OC)cc3C2c2ccccc2)cc1)/C(Cl)=C\C=C/C. The zero-order valence-corrected chi connectivity index (χ0v) is 32.7. The molecular weight excluding hydrogens is 726 g/mol. The zero-order chi connectivity index (χ0) is 37.8. The van der Waals surface area contributed by atoms with E-state index >= 15 is 0 Å². The normalized spacial score (nSPS) is 15.0. The first-order chi connectivity index (χ1) is 25.6. The second kappa shape index (κ2) is 19.1. The smallest absolute Gasteiger partial charge is 0.264 e. The second-order valence-corrected chi connectivity index (χ2v) is 15.9. The molecule has 1 unspecified atom stereocenters. The number of hydrogen-bond acceptors (Lipinski definition) is 8. The van der Waals surface area contributed by atoms with Gasteiger partial charge in [0.05, 0.1) is 31.7 Å². The van der Waals surface area contributed by atoms with Gasteiger partial charge in [0.15, 0.2) is 11.5 Å². The first-order valence-corrected chi connectivity index (χ1v) is 20.2. The van der Waals surface area contributed by atoms with Crippen molar-refractivity contribution < 1.29 is 22.7 Å². The third-order valence-electron chi connectivity index (χ3n) is 8.93. The molecule has 1 amide bonds. The molecule has 0 aliphatic carbocycles. The minimum Gasteiger partial charge on any atom is -0.493 e. The number of hydrogen-bond donors (Lipinski definition) is 1. The molecule has 11 heteroatoms. The molecule has 1 heterocycles. The highest BCUT2D eigenvalue weighted by Gasteiger charge is 2.32. The highest BCUT2D eigenvalue weighted by molar-refractivity contribution is 7.99. The maximum Gasteiger partial charge on any atom is 0.264 e.